The van der Waals surface area contributed by atoms with Crippen LogP contribution in [0.5, 0.6) is 23.0 Å². The summed E-state index contributed by atoms with van der Waals surface area (Å²) in [6, 6.07) is 24.4. The molecular formula is C50H55FN4O10S2. The number of thiophene rings is 1. The summed E-state index contributed by atoms with van der Waals surface area (Å²) >= 11 is 3.02. The Bertz CT molecular complexity index is 2600. The number of nitrogens with zero attached hydrogens (tertiary/aromatic N) is 2. The van der Waals surface area contributed by atoms with Gasteiger partial charge in [0.2, 0.25) is 17.7 Å². The number of thiazole rings is 1. The number of hydrogen-bond donors (Lipinski definition) is 4. The van der Waals surface area contributed by atoms with Crippen LogP contribution in [0.1, 0.15) is 38.4 Å². The highest BCUT2D eigenvalue weighted by Crippen LogP contribution is 2.47. The molecule has 67 heavy (non-hydrogen) atoms. The summed E-state index contributed by atoms with van der Waals surface area (Å²) in [6.07, 6.45) is -0.789. The number of aryl methyl sites for hydroxylation is 1. The van der Waals surface area contributed by atoms with Crippen LogP contribution in [0.2, 0.25) is 0 Å². The number of halogens is 1. The van der Waals surface area contributed by atoms with Gasteiger partial charge in [0.05, 0.1) is 60.1 Å². The lowest BCUT2D eigenvalue weighted by Crippen LogP contribution is -2.58. The molecule has 6 aromatic rings. The molecule has 3 heterocycles. The van der Waals surface area contributed by atoms with Crippen LogP contribution < -0.4 is 20.1 Å². The zero-order valence-corrected chi connectivity index (χ0v) is 39.4. The monoisotopic (exact) mass is 954 g/mol. The van der Waals surface area contributed by atoms with Crippen molar-refractivity contribution >= 4 is 50.5 Å². The van der Waals surface area contributed by atoms with Gasteiger partial charge in [-0.3, -0.25) is 14.4 Å². The molecule has 17 heteroatoms. The van der Waals surface area contributed by atoms with Gasteiger partial charge in [-0.2, -0.15) is 0 Å². The Morgan fingerprint density at radius 2 is 1.49 bits per heavy atom. The number of amides is 3. The number of phenolic OH excluding ortho intramolecular Hbond substituents is 1. The highest BCUT2D eigenvalue weighted by molar-refractivity contribution is 7.22. The van der Waals surface area contributed by atoms with E-state index in [9.17, 15) is 29.0 Å². The third-order valence-corrected chi connectivity index (χ3v) is 13.1. The number of hydrogen-bond acceptors (Lipinski definition) is 13. The molecular weight excluding hydrogens is 900 g/mol. The van der Waals surface area contributed by atoms with Crippen LogP contribution in [0.25, 0.3) is 31.0 Å². The second-order valence-electron chi connectivity index (χ2n) is 17.1. The van der Waals surface area contributed by atoms with Crippen molar-refractivity contribution in [3.8, 4) is 43.9 Å². The van der Waals surface area contributed by atoms with Gasteiger partial charge in [-0.1, -0.05) is 57.2 Å². The van der Waals surface area contributed by atoms with Crippen molar-refractivity contribution in [1.29, 1.82) is 0 Å². The van der Waals surface area contributed by atoms with Crippen molar-refractivity contribution in [3.63, 3.8) is 0 Å². The molecule has 3 atom stereocenters. The number of aromatic nitrogens is 1. The van der Waals surface area contributed by atoms with Gasteiger partial charge in [-0.15, -0.1) is 22.7 Å². The van der Waals surface area contributed by atoms with Gasteiger partial charge in [-0.25, -0.2) is 9.37 Å². The molecule has 0 bridgehead atoms. The zero-order valence-electron chi connectivity index (χ0n) is 37.8. The lowest BCUT2D eigenvalue weighted by Gasteiger charge is -2.35. The molecule has 14 nitrogen and oxygen atoms in total. The van der Waals surface area contributed by atoms with Crippen molar-refractivity contribution in [2.24, 2.45) is 5.41 Å². The van der Waals surface area contributed by atoms with E-state index in [1.807, 2.05) is 57.5 Å². The van der Waals surface area contributed by atoms with E-state index in [1.165, 1.54) is 28.4 Å². The van der Waals surface area contributed by atoms with E-state index < -0.39 is 35.4 Å². The number of benzene rings is 4. The number of ether oxygens (including phenoxy) is 5. The third kappa shape index (κ3) is 13.1. The number of carbonyl (C=O) groups excluding carboxylic acids is 3. The van der Waals surface area contributed by atoms with E-state index in [1.54, 1.807) is 65.9 Å². The number of carbonyl (C=O) groups is 3. The van der Waals surface area contributed by atoms with E-state index in [0.29, 0.717) is 43.7 Å². The molecule has 354 valence electrons. The first kappa shape index (κ1) is 49.0. The van der Waals surface area contributed by atoms with Gasteiger partial charge in [-0.05, 0) is 83.6 Å². The van der Waals surface area contributed by atoms with E-state index >= 15 is 0 Å². The SMILES string of the molecule is Cc1ncsc1-c1ccc(CNC(=O)[C@@H]2C[C@@H](O)CN2C(=O)C(NC(=O)COCCOCCOCCOc2ccc(Oc3c(-c4ccc(F)cc4)sc4cc(O)ccc34)cc2)C(C)(C)C)cc1. The minimum Gasteiger partial charge on any atom is -0.508 e. The maximum atomic E-state index is 13.9. The van der Waals surface area contributed by atoms with Crippen molar-refractivity contribution in [2.45, 2.75) is 58.8 Å². The third-order valence-electron chi connectivity index (χ3n) is 11.0. The standard InChI is InChI=1S/C50H55FN4O10S2/c1-31-45(66-30-53-31)33-7-5-32(6-8-33)27-52-48(59)41-25-37(57)28-55(41)49(60)47(50(2,3)4)54-43(58)29-63-22-21-61-19-20-62-23-24-64-38-14-16-39(17-15-38)65-44-40-18-13-36(56)26-42(40)67-46(44)34-9-11-35(51)12-10-34/h5-18,26,30,37,41,47,56-57H,19-25,27-29H2,1-4H3,(H,52,59)(H,54,58)/t37-,41+,47?/m1/s1. The molecule has 4 aromatic carbocycles. The van der Waals surface area contributed by atoms with E-state index in [0.717, 1.165) is 42.2 Å². The van der Waals surface area contributed by atoms with Crippen LogP contribution >= 0.6 is 22.7 Å². The van der Waals surface area contributed by atoms with Crippen molar-refractivity contribution in [2.75, 3.05) is 52.8 Å². The maximum absolute atomic E-state index is 13.9. The second kappa shape index (κ2) is 22.7. The molecule has 1 saturated heterocycles. The quantitative estimate of drug-likeness (QED) is 0.0517. The fraction of sp³-hybridized carbons (Fsp3) is 0.360. The molecule has 1 fully saturated rings. The molecule has 1 aliphatic rings. The summed E-state index contributed by atoms with van der Waals surface area (Å²) in [5, 5.41) is 27.1. The second-order valence-corrected chi connectivity index (χ2v) is 19.0. The Balaban J connectivity index is 0.771. The lowest BCUT2D eigenvalue weighted by atomic mass is 9.85. The van der Waals surface area contributed by atoms with Crippen LogP contribution in [0, 0.1) is 18.2 Å². The summed E-state index contributed by atoms with van der Waals surface area (Å²) in [6.45, 7) is 8.96. The Hall–Kier alpha value is -5.95. The van der Waals surface area contributed by atoms with Crippen LogP contribution in [-0.2, 0) is 35.1 Å². The molecule has 1 unspecified atom stereocenters. The zero-order chi connectivity index (χ0) is 47.5. The highest BCUT2D eigenvalue weighted by atomic mass is 32.1. The Kier molecular flexibility index (Phi) is 16.6. The minimum atomic E-state index is -0.976. The molecule has 2 aromatic heterocycles. The van der Waals surface area contributed by atoms with E-state index in [-0.39, 0.29) is 56.8 Å². The van der Waals surface area contributed by atoms with Gasteiger partial charge in [0.1, 0.15) is 48.4 Å². The van der Waals surface area contributed by atoms with Crippen LogP contribution in [0.4, 0.5) is 4.39 Å². The predicted octanol–water partition coefficient (Wildman–Crippen LogP) is 7.87. The molecule has 1 aliphatic heterocycles. The van der Waals surface area contributed by atoms with Crippen molar-refractivity contribution in [1.82, 2.24) is 20.5 Å². The number of phenols is 1. The number of likely N-dealkylation sites (tertiary alicyclic amines) is 1. The smallest absolute Gasteiger partial charge is 0.246 e. The largest absolute Gasteiger partial charge is 0.508 e. The normalized spacial score (nSPS) is 15.4. The minimum absolute atomic E-state index is 0.0245. The number of nitrogens with one attached hydrogen (secondary N) is 2. The number of β-amino-alcohol motifs (C(OH)–C–C–N with tert-alkyl or cyclic N) is 1. The number of aromatic hydroxyl groups is 1. The molecule has 0 aliphatic carbocycles. The first-order chi connectivity index (χ1) is 32.2. The Labute approximate surface area is 396 Å². The number of aliphatic hydroxyl groups is 1. The molecule has 4 N–H and O–H groups in total. The summed E-state index contributed by atoms with van der Waals surface area (Å²) < 4.78 is 43.4. The Morgan fingerprint density at radius 1 is 0.851 bits per heavy atom. The lowest BCUT2D eigenvalue weighted by molar-refractivity contribution is -0.144. The van der Waals surface area contributed by atoms with E-state index in [4.69, 9.17) is 23.7 Å². The maximum Gasteiger partial charge on any atom is 0.246 e. The van der Waals surface area contributed by atoms with Gasteiger partial charge in [0.25, 0.3) is 0 Å². The number of rotatable bonds is 21. The molecule has 7 rings (SSSR count). The fourth-order valence-electron chi connectivity index (χ4n) is 7.48. The van der Waals surface area contributed by atoms with E-state index in [2.05, 4.69) is 15.6 Å². The topological polar surface area (TPSA) is 178 Å². The highest BCUT2D eigenvalue weighted by Gasteiger charge is 2.44. The molecule has 0 saturated carbocycles. The summed E-state index contributed by atoms with van der Waals surface area (Å²) in [5.74, 6) is 0.313. The number of aliphatic hydroxyl groups excluding tert-OH is 1. The van der Waals surface area contributed by atoms with Gasteiger partial charge < -0.3 is 49.4 Å². The fourth-order valence-corrected chi connectivity index (χ4v) is 9.46. The van der Waals surface area contributed by atoms with Gasteiger partial charge in [0.15, 0.2) is 5.75 Å². The average molecular weight is 955 g/mol. The average Bonchev–Trinajstić information content (AvgIpc) is 4.03. The van der Waals surface area contributed by atoms with Crippen LogP contribution in [-0.4, -0.2) is 109 Å². The summed E-state index contributed by atoms with van der Waals surface area (Å²) in [4.78, 5) is 47.9. The first-order valence-electron chi connectivity index (χ1n) is 21.9. The predicted molar refractivity (Wildman–Crippen MR) is 255 cm³/mol. The summed E-state index contributed by atoms with van der Waals surface area (Å²) in [7, 11) is 0. The van der Waals surface area contributed by atoms with Gasteiger partial charge in [0, 0.05) is 29.6 Å². The van der Waals surface area contributed by atoms with Crippen LogP contribution in [0.3, 0.4) is 0 Å². The summed E-state index contributed by atoms with van der Waals surface area (Å²) in [5.41, 5.74) is 4.79. The van der Waals surface area contributed by atoms with Crippen LogP contribution in [0.15, 0.2) is 96.5 Å². The van der Waals surface area contributed by atoms with Gasteiger partial charge >= 0.3 is 0 Å². The molecule has 0 radical (unpaired) electrons. The first-order valence-corrected chi connectivity index (χ1v) is 23.6. The Morgan fingerprint density at radius 3 is 2.16 bits per heavy atom. The van der Waals surface area contributed by atoms with Crippen molar-refractivity contribution < 1.29 is 52.7 Å². The molecule has 3 amide bonds. The molecule has 0 spiro atoms. The van der Waals surface area contributed by atoms with Crippen molar-refractivity contribution in [3.05, 3.63) is 114 Å². The number of fused-ring (bicyclic) bond motifs is 1.